The molecule has 2 rings (SSSR count). The van der Waals surface area contributed by atoms with Gasteiger partial charge in [-0.3, -0.25) is 13.9 Å². The fraction of sp³-hybridized carbons (Fsp3) is 0.333. The lowest BCUT2D eigenvalue weighted by molar-refractivity contribution is 0.593. The minimum absolute atomic E-state index is 0.229. The van der Waals surface area contributed by atoms with Crippen LogP contribution in [-0.2, 0) is 14.1 Å². The van der Waals surface area contributed by atoms with Crippen LogP contribution in [0.25, 0.3) is 11.1 Å². The summed E-state index contributed by atoms with van der Waals surface area (Å²) in [5.41, 5.74) is 0.853. The lowest BCUT2D eigenvalue weighted by Crippen LogP contribution is -2.36. The number of furan rings is 1. The molecule has 0 aliphatic rings. The van der Waals surface area contributed by atoms with Crippen LogP contribution < -0.4 is 11.2 Å². The molecule has 2 aromatic rings. The largest absolute Gasteiger partial charge is 0.457 e. The maximum Gasteiger partial charge on any atom is 0.331 e. The predicted octanol–water partition coefficient (Wildman–Crippen LogP) is 0.139. The average Bonchev–Trinajstić information content (AvgIpc) is 2.54. The Hall–Kier alpha value is -1.78. The van der Waals surface area contributed by atoms with Crippen molar-refractivity contribution in [2.45, 2.75) is 6.92 Å². The molecule has 0 N–H and O–H groups in total. The highest BCUT2D eigenvalue weighted by Crippen LogP contribution is 2.13. The Morgan fingerprint density at radius 1 is 1.21 bits per heavy atom. The second kappa shape index (κ2) is 2.60. The van der Waals surface area contributed by atoms with Gasteiger partial charge in [-0.15, -0.1) is 0 Å². The molecule has 0 fully saturated rings. The molecule has 0 aliphatic heterocycles. The van der Waals surface area contributed by atoms with Gasteiger partial charge in [0.1, 0.15) is 0 Å². The van der Waals surface area contributed by atoms with E-state index < -0.39 is 5.56 Å². The van der Waals surface area contributed by atoms with Crippen LogP contribution in [0, 0.1) is 6.92 Å². The fourth-order valence-electron chi connectivity index (χ4n) is 1.57. The monoisotopic (exact) mass is 194 g/mol. The second-order valence-electron chi connectivity index (χ2n) is 3.30. The molecule has 2 heterocycles. The zero-order valence-corrected chi connectivity index (χ0v) is 8.20. The van der Waals surface area contributed by atoms with E-state index in [1.807, 2.05) is 0 Å². The van der Waals surface area contributed by atoms with Crippen molar-refractivity contribution in [1.29, 1.82) is 0 Å². The SMILES string of the molecule is Cc1coc2c(=O)n(C)c(=O)n(C)c12. The van der Waals surface area contributed by atoms with E-state index in [0.29, 0.717) is 5.52 Å². The Morgan fingerprint density at radius 2 is 1.86 bits per heavy atom. The number of nitrogens with zero attached hydrogens (tertiary/aromatic N) is 2. The summed E-state index contributed by atoms with van der Waals surface area (Å²) in [6.07, 6.45) is 1.48. The highest BCUT2D eigenvalue weighted by Gasteiger charge is 2.13. The first-order chi connectivity index (χ1) is 6.54. The molecule has 0 spiro atoms. The van der Waals surface area contributed by atoms with Crippen molar-refractivity contribution in [3.05, 3.63) is 32.7 Å². The number of hydrogen-bond acceptors (Lipinski definition) is 3. The summed E-state index contributed by atoms with van der Waals surface area (Å²) in [5, 5.41) is 0. The maximum atomic E-state index is 11.6. The first kappa shape index (κ1) is 8.80. The van der Waals surface area contributed by atoms with Gasteiger partial charge in [0.05, 0.1) is 11.8 Å². The van der Waals surface area contributed by atoms with E-state index in [1.165, 1.54) is 17.9 Å². The number of fused-ring (bicyclic) bond motifs is 1. The summed E-state index contributed by atoms with van der Waals surface area (Å²) in [7, 11) is 3.05. The molecule has 5 nitrogen and oxygen atoms in total. The molecule has 0 unspecified atom stereocenters. The van der Waals surface area contributed by atoms with Crippen LogP contribution in [0.5, 0.6) is 0 Å². The van der Waals surface area contributed by atoms with E-state index >= 15 is 0 Å². The van der Waals surface area contributed by atoms with Gasteiger partial charge < -0.3 is 4.42 Å². The standard InChI is InChI=1S/C9H10N2O3/c1-5-4-14-7-6(5)10(2)9(13)11(3)8(7)12/h4H,1-3H3. The normalized spacial score (nSPS) is 11.1. The van der Waals surface area contributed by atoms with Crippen molar-refractivity contribution in [2.75, 3.05) is 0 Å². The Morgan fingerprint density at radius 3 is 2.50 bits per heavy atom. The van der Waals surface area contributed by atoms with Crippen molar-refractivity contribution < 1.29 is 4.42 Å². The Bertz CT molecular complexity index is 615. The van der Waals surface area contributed by atoms with Crippen LogP contribution in [0.4, 0.5) is 0 Å². The van der Waals surface area contributed by atoms with Crippen molar-refractivity contribution in [3.63, 3.8) is 0 Å². The zero-order chi connectivity index (χ0) is 10.5. The van der Waals surface area contributed by atoms with Crippen LogP contribution in [0.3, 0.4) is 0 Å². The van der Waals surface area contributed by atoms with Crippen molar-refractivity contribution in [2.24, 2.45) is 14.1 Å². The van der Waals surface area contributed by atoms with Gasteiger partial charge in [-0.05, 0) is 6.92 Å². The summed E-state index contributed by atoms with van der Waals surface area (Å²) in [4.78, 5) is 23.1. The molecule has 0 aromatic carbocycles. The summed E-state index contributed by atoms with van der Waals surface area (Å²) in [6, 6.07) is 0. The van der Waals surface area contributed by atoms with Gasteiger partial charge in [-0.2, -0.15) is 0 Å². The van der Waals surface area contributed by atoms with E-state index in [1.54, 1.807) is 14.0 Å². The molecule has 0 atom stereocenters. The Balaban J connectivity index is 3.22. The number of hydrogen-bond donors (Lipinski definition) is 0. The Kier molecular flexibility index (Phi) is 1.64. The molecular weight excluding hydrogens is 184 g/mol. The predicted molar refractivity (Wildman–Crippen MR) is 51.4 cm³/mol. The fourth-order valence-corrected chi connectivity index (χ4v) is 1.57. The van der Waals surface area contributed by atoms with Crippen LogP contribution in [0.1, 0.15) is 5.56 Å². The molecule has 0 aliphatic carbocycles. The molecule has 0 saturated carbocycles. The molecule has 0 saturated heterocycles. The minimum Gasteiger partial charge on any atom is -0.457 e. The summed E-state index contributed by atoms with van der Waals surface area (Å²) in [5.74, 6) is 0. The van der Waals surface area contributed by atoms with E-state index in [4.69, 9.17) is 4.42 Å². The molecule has 0 amide bonds. The minimum atomic E-state index is -0.392. The summed E-state index contributed by atoms with van der Waals surface area (Å²) >= 11 is 0. The van der Waals surface area contributed by atoms with Gasteiger partial charge >= 0.3 is 5.69 Å². The quantitative estimate of drug-likeness (QED) is 0.599. The molecule has 0 bridgehead atoms. The van der Waals surface area contributed by atoms with Crippen LogP contribution >= 0.6 is 0 Å². The molecule has 2 aromatic heterocycles. The van der Waals surface area contributed by atoms with Crippen molar-refractivity contribution in [3.8, 4) is 0 Å². The molecule has 5 heteroatoms. The first-order valence-electron chi connectivity index (χ1n) is 4.18. The van der Waals surface area contributed by atoms with E-state index in [2.05, 4.69) is 0 Å². The topological polar surface area (TPSA) is 57.1 Å². The maximum absolute atomic E-state index is 11.6. The van der Waals surface area contributed by atoms with E-state index in [0.717, 1.165) is 10.1 Å². The van der Waals surface area contributed by atoms with E-state index in [9.17, 15) is 9.59 Å². The third kappa shape index (κ3) is 0.891. The van der Waals surface area contributed by atoms with Crippen LogP contribution in [0.2, 0.25) is 0 Å². The van der Waals surface area contributed by atoms with Gasteiger partial charge in [0.2, 0.25) is 5.58 Å². The van der Waals surface area contributed by atoms with Gasteiger partial charge in [0.25, 0.3) is 5.56 Å². The van der Waals surface area contributed by atoms with Crippen molar-refractivity contribution in [1.82, 2.24) is 9.13 Å². The van der Waals surface area contributed by atoms with Gasteiger partial charge in [-0.1, -0.05) is 0 Å². The lowest BCUT2D eigenvalue weighted by Gasteiger charge is -2.02. The van der Waals surface area contributed by atoms with Gasteiger partial charge in [-0.25, -0.2) is 4.79 Å². The van der Waals surface area contributed by atoms with Gasteiger partial charge in [0.15, 0.2) is 0 Å². The molecule has 74 valence electrons. The highest BCUT2D eigenvalue weighted by molar-refractivity contribution is 5.75. The lowest BCUT2D eigenvalue weighted by atomic mass is 10.3. The smallest absolute Gasteiger partial charge is 0.331 e. The molecule has 0 radical (unpaired) electrons. The number of aryl methyl sites for hydroxylation is 2. The third-order valence-corrected chi connectivity index (χ3v) is 2.35. The summed E-state index contributed by atoms with van der Waals surface area (Å²) in [6.45, 7) is 1.80. The highest BCUT2D eigenvalue weighted by atomic mass is 16.3. The molecule has 14 heavy (non-hydrogen) atoms. The zero-order valence-electron chi connectivity index (χ0n) is 8.20. The average molecular weight is 194 g/mol. The summed E-state index contributed by atoms with van der Waals surface area (Å²) < 4.78 is 7.55. The molecular formula is C9H10N2O3. The number of rotatable bonds is 0. The Labute approximate surface area is 79.2 Å². The van der Waals surface area contributed by atoms with E-state index in [-0.39, 0.29) is 11.3 Å². The third-order valence-electron chi connectivity index (χ3n) is 2.35. The van der Waals surface area contributed by atoms with Crippen molar-refractivity contribution >= 4 is 11.1 Å². The van der Waals surface area contributed by atoms with Crippen LogP contribution in [-0.4, -0.2) is 9.13 Å². The number of aromatic nitrogens is 2. The van der Waals surface area contributed by atoms with Crippen LogP contribution in [0.15, 0.2) is 20.3 Å². The first-order valence-corrected chi connectivity index (χ1v) is 4.18. The van der Waals surface area contributed by atoms with Gasteiger partial charge in [0, 0.05) is 19.7 Å². The second-order valence-corrected chi connectivity index (χ2v) is 3.30.